The fourth-order valence-corrected chi connectivity index (χ4v) is 6.06. The van der Waals surface area contributed by atoms with E-state index in [4.69, 9.17) is 4.52 Å². The number of anilines is 3. The highest BCUT2D eigenvalue weighted by Crippen LogP contribution is 2.43. The summed E-state index contributed by atoms with van der Waals surface area (Å²) in [4.78, 5) is 31.5. The highest BCUT2D eigenvalue weighted by molar-refractivity contribution is 7.17. The number of carbonyl (C=O) groups excluding carboxylic acids is 2. The van der Waals surface area contributed by atoms with E-state index in [-0.39, 0.29) is 23.8 Å². The summed E-state index contributed by atoms with van der Waals surface area (Å²) < 4.78 is 7.44. The van der Waals surface area contributed by atoms with Crippen LogP contribution in [0.15, 0.2) is 17.0 Å². The predicted octanol–water partition coefficient (Wildman–Crippen LogP) is 4.51. The summed E-state index contributed by atoms with van der Waals surface area (Å²) in [6, 6.07) is 0.143. The molecule has 10 heteroatoms. The lowest BCUT2D eigenvalue weighted by atomic mass is 9.91. The number of carbonyl (C=O) groups is 2. The zero-order valence-electron chi connectivity index (χ0n) is 20.0. The van der Waals surface area contributed by atoms with Gasteiger partial charge in [0.15, 0.2) is 5.76 Å². The van der Waals surface area contributed by atoms with Gasteiger partial charge in [-0.3, -0.25) is 9.59 Å². The first-order valence-electron chi connectivity index (χ1n) is 12.4. The van der Waals surface area contributed by atoms with Gasteiger partial charge in [0, 0.05) is 23.4 Å². The molecule has 184 valence electrons. The molecule has 6 rings (SSSR count). The number of hydrogen-bond donors (Lipinski definition) is 3. The summed E-state index contributed by atoms with van der Waals surface area (Å²) >= 11 is 1.57. The topological polar surface area (TPSA) is 114 Å². The lowest BCUT2D eigenvalue weighted by Gasteiger charge is -2.26. The molecule has 35 heavy (non-hydrogen) atoms. The van der Waals surface area contributed by atoms with Crippen molar-refractivity contribution in [2.24, 2.45) is 11.8 Å². The van der Waals surface area contributed by atoms with E-state index in [1.807, 2.05) is 20.2 Å². The van der Waals surface area contributed by atoms with Gasteiger partial charge in [-0.15, -0.1) is 11.3 Å². The molecule has 0 spiro atoms. The van der Waals surface area contributed by atoms with Crippen molar-refractivity contribution in [3.05, 3.63) is 40.0 Å². The highest BCUT2D eigenvalue weighted by Gasteiger charge is 2.35. The Kier molecular flexibility index (Phi) is 5.63. The number of imidazole rings is 1. The maximum absolute atomic E-state index is 13.3. The Labute approximate surface area is 207 Å². The van der Waals surface area contributed by atoms with Crippen molar-refractivity contribution >= 4 is 39.7 Å². The third-order valence-corrected chi connectivity index (χ3v) is 8.45. The van der Waals surface area contributed by atoms with Crippen molar-refractivity contribution in [1.29, 1.82) is 0 Å². The van der Waals surface area contributed by atoms with Crippen LogP contribution in [0.25, 0.3) is 0 Å². The van der Waals surface area contributed by atoms with Crippen LogP contribution in [0.1, 0.15) is 70.4 Å². The quantitative estimate of drug-likeness (QED) is 0.425. The van der Waals surface area contributed by atoms with Crippen LogP contribution >= 0.6 is 11.3 Å². The van der Waals surface area contributed by atoms with Crippen molar-refractivity contribution in [2.45, 2.75) is 64.8 Å². The Balaban J connectivity index is 1.28. The molecule has 3 aliphatic carbocycles. The first-order chi connectivity index (χ1) is 17.0. The van der Waals surface area contributed by atoms with E-state index in [1.54, 1.807) is 17.5 Å². The van der Waals surface area contributed by atoms with Crippen LogP contribution in [0.3, 0.4) is 0 Å². The van der Waals surface area contributed by atoms with Crippen LogP contribution in [-0.2, 0) is 17.6 Å². The molecule has 2 saturated carbocycles. The van der Waals surface area contributed by atoms with Crippen molar-refractivity contribution in [3.8, 4) is 0 Å². The van der Waals surface area contributed by atoms with Crippen LogP contribution in [0.5, 0.6) is 0 Å². The predicted molar refractivity (Wildman–Crippen MR) is 133 cm³/mol. The number of fused-ring (bicyclic) bond motifs is 1. The molecular formula is C25H30N6O3S. The van der Waals surface area contributed by atoms with Crippen LogP contribution in [0, 0.1) is 25.7 Å². The fraction of sp³-hybridized carbons (Fsp3) is 0.520. The number of hydrogen-bond acceptors (Lipinski definition) is 7. The molecule has 9 nitrogen and oxygen atoms in total. The zero-order chi connectivity index (χ0) is 24.1. The average Bonchev–Trinajstić information content (AvgIpc) is 3.76. The molecule has 2 amide bonds. The number of aromatic nitrogens is 3. The molecule has 3 aromatic rings. The standard InChI is InChI=1S/C25H30N6O3S/c1-13-22(14(2)34-30-13)28-20-11-26-12-31(20)17-7-8-19-18(9-17)21(24(33)27-10-15-3-4-15)25(35-19)29-23(32)16-5-6-16/h11-12,15-17,28H,3-10H2,1-2H3,(H,27,33)(H,29,32). The van der Waals surface area contributed by atoms with Gasteiger partial charge < -0.3 is 25.0 Å². The monoisotopic (exact) mass is 494 g/mol. The highest BCUT2D eigenvalue weighted by atomic mass is 32.1. The minimum Gasteiger partial charge on any atom is -0.359 e. The molecular weight excluding hydrogens is 464 g/mol. The summed E-state index contributed by atoms with van der Waals surface area (Å²) in [5.41, 5.74) is 3.36. The lowest BCUT2D eigenvalue weighted by molar-refractivity contribution is -0.117. The number of thiophene rings is 1. The summed E-state index contributed by atoms with van der Waals surface area (Å²) in [6.07, 6.45) is 10.4. The molecule has 0 aromatic carbocycles. The SMILES string of the molecule is Cc1noc(C)c1Nc1cncn1C1CCc2sc(NC(=O)C3CC3)c(C(=O)NCC3CC3)c2C1. The second kappa shape index (κ2) is 8.82. The normalized spacial score (nSPS) is 19.3. The molecule has 2 fully saturated rings. The van der Waals surface area contributed by atoms with Crippen molar-refractivity contribution in [3.63, 3.8) is 0 Å². The van der Waals surface area contributed by atoms with Gasteiger partial charge in [0.25, 0.3) is 5.91 Å². The molecule has 3 aromatic heterocycles. The second-order valence-electron chi connectivity index (χ2n) is 10.0. The van der Waals surface area contributed by atoms with E-state index >= 15 is 0 Å². The molecule has 0 bridgehead atoms. The van der Waals surface area contributed by atoms with E-state index in [1.165, 1.54) is 17.7 Å². The van der Waals surface area contributed by atoms with Gasteiger partial charge >= 0.3 is 0 Å². The van der Waals surface area contributed by atoms with Gasteiger partial charge in [0.05, 0.1) is 18.1 Å². The largest absolute Gasteiger partial charge is 0.359 e. The van der Waals surface area contributed by atoms with Crippen molar-refractivity contribution in [1.82, 2.24) is 20.0 Å². The fourth-order valence-electron chi connectivity index (χ4n) is 4.82. The Bertz CT molecular complexity index is 1260. The third-order valence-electron chi connectivity index (χ3n) is 7.24. The smallest absolute Gasteiger partial charge is 0.254 e. The van der Waals surface area contributed by atoms with Crippen molar-refractivity contribution < 1.29 is 14.1 Å². The molecule has 3 N–H and O–H groups in total. The van der Waals surface area contributed by atoms with Gasteiger partial charge in [0.2, 0.25) is 5.91 Å². The second-order valence-corrected chi connectivity index (χ2v) is 11.1. The van der Waals surface area contributed by atoms with Gasteiger partial charge in [0.1, 0.15) is 22.2 Å². The Morgan fingerprint density at radius 1 is 1.20 bits per heavy atom. The summed E-state index contributed by atoms with van der Waals surface area (Å²) in [6.45, 7) is 4.49. The van der Waals surface area contributed by atoms with Crippen LogP contribution in [0.2, 0.25) is 0 Å². The maximum atomic E-state index is 13.3. The van der Waals surface area contributed by atoms with Crippen LogP contribution in [-0.4, -0.2) is 33.1 Å². The van der Waals surface area contributed by atoms with Crippen LogP contribution in [0.4, 0.5) is 16.5 Å². The first kappa shape index (κ1) is 22.3. The Morgan fingerprint density at radius 3 is 2.74 bits per heavy atom. The lowest BCUT2D eigenvalue weighted by Crippen LogP contribution is -2.28. The van der Waals surface area contributed by atoms with Gasteiger partial charge in [-0.25, -0.2) is 4.98 Å². The molecule has 3 heterocycles. The average molecular weight is 495 g/mol. The van der Waals surface area contributed by atoms with E-state index in [0.717, 1.165) is 54.2 Å². The van der Waals surface area contributed by atoms with Gasteiger partial charge in [-0.1, -0.05) is 5.16 Å². The number of amides is 2. The van der Waals surface area contributed by atoms with Gasteiger partial charge in [-0.05, 0) is 70.3 Å². The molecule has 0 aliphatic heterocycles. The van der Waals surface area contributed by atoms with Gasteiger partial charge in [-0.2, -0.15) is 0 Å². The molecule has 0 saturated heterocycles. The summed E-state index contributed by atoms with van der Waals surface area (Å²) in [5, 5.41) is 14.4. The number of nitrogens with zero attached hydrogens (tertiary/aromatic N) is 3. The minimum atomic E-state index is -0.0687. The summed E-state index contributed by atoms with van der Waals surface area (Å²) in [7, 11) is 0. The van der Waals surface area contributed by atoms with Crippen LogP contribution < -0.4 is 16.0 Å². The van der Waals surface area contributed by atoms with E-state index in [2.05, 4.69) is 30.7 Å². The molecule has 1 unspecified atom stereocenters. The molecule has 3 aliphatic rings. The van der Waals surface area contributed by atoms with E-state index in [0.29, 0.717) is 29.4 Å². The number of aryl methyl sites for hydroxylation is 3. The zero-order valence-corrected chi connectivity index (χ0v) is 20.8. The Morgan fingerprint density at radius 2 is 2.03 bits per heavy atom. The number of rotatable bonds is 8. The number of nitrogens with one attached hydrogen (secondary N) is 3. The first-order valence-corrected chi connectivity index (χ1v) is 13.2. The third kappa shape index (κ3) is 4.47. The molecule has 1 atom stereocenters. The van der Waals surface area contributed by atoms with E-state index < -0.39 is 0 Å². The minimum absolute atomic E-state index is 0.0388. The molecule has 0 radical (unpaired) electrons. The summed E-state index contributed by atoms with van der Waals surface area (Å²) in [5.74, 6) is 2.25. The Hall–Kier alpha value is -3.14. The van der Waals surface area contributed by atoms with Crippen molar-refractivity contribution in [2.75, 3.05) is 17.2 Å². The maximum Gasteiger partial charge on any atom is 0.254 e. The van der Waals surface area contributed by atoms with E-state index in [9.17, 15) is 9.59 Å².